The van der Waals surface area contributed by atoms with Crippen molar-refractivity contribution >= 4 is 22.2 Å². The molecular formula is C24H27F3N2O2S. The van der Waals surface area contributed by atoms with Crippen LogP contribution >= 0.6 is 11.3 Å². The highest BCUT2D eigenvalue weighted by molar-refractivity contribution is 7.14. The van der Waals surface area contributed by atoms with E-state index in [-0.39, 0.29) is 17.1 Å². The van der Waals surface area contributed by atoms with Crippen LogP contribution in [0.15, 0.2) is 47.8 Å². The lowest BCUT2D eigenvalue weighted by Gasteiger charge is -2.27. The molecule has 3 rings (SSSR count). The van der Waals surface area contributed by atoms with E-state index in [0.29, 0.717) is 23.1 Å². The van der Waals surface area contributed by atoms with E-state index in [1.807, 2.05) is 0 Å². The standard InChI is InChI=1S/C24H27F3N2O2S/c1-4-5-6-13-31-22-12-11-19(14-20(22)24(3,26)27)29(16(2)30)23-28-21(15-32-23)17-7-9-18(25)10-8-17/h7-12,14-16,30H,4-6,13H2,1-3H3. The minimum Gasteiger partial charge on any atom is -0.493 e. The van der Waals surface area contributed by atoms with E-state index in [4.69, 9.17) is 4.74 Å². The van der Waals surface area contributed by atoms with E-state index in [9.17, 15) is 18.3 Å². The fraction of sp³-hybridized carbons (Fsp3) is 0.375. The Hall–Kier alpha value is -2.58. The zero-order valence-electron chi connectivity index (χ0n) is 18.3. The molecule has 3 aromatic rings. The number of anilines is 2. The number of thiazole rings is 1. The van der Waals surface area contributed by atoms with Gasteiger partial charge in [0.25, 0.3) is 5.92 Å². The molecule has 2 aromatic carbocycles. The average molecular weight is 465 g/mol. The normalized spacial score (nSPS) is 12.6. The molecule has 8 heteroatoms. The van der Waals surface area contributed by atoms with Crippen LogP contribution in [0.2, 0.25) is 0 Å². The summed E-state index contributed by atoms with van der Waals surface area (Å²) >= 11 is 1.26. The van der Waals surface area contributed by atoms with Crippen LogP contribution in [-0.2, 0) is 5.92 Å². The SMILES string of the molecule is CCCCCOc1ccc(N(c2nc(-c3ccc(F)cc3)cs2)C(C)O)cc1C(C)(F)F. The van der Waals surface area contributed by atoms with Crippen LogP contribution in [0.1, 0.15) is 45.6 Å². The Morgan fingerprint density at radius 1 is 1.16 bits per heavy atom. The van der Waals surface area contributed by atoms with Crippen LogP contribution < -0.4 is 9.64 Å². The predicted molar refractivity (Wildman–Crippen MR) is 122 cm³/mol. The Labute approximate surface area is 190 Å². The topological polar surface area (TPSA) is 45.6 Å². The van der Waals surface area contributed by atoms with Gasteiger partial charge in [0, 0.05) is 23.6 Å². The van der Waals surface area contributed by atoms with E-state index in [2.05, 4.69) is 11.9 Å². The van der Waals surface area contributed by atoms with Crippen molar-refractivity contribution in [1.29, 1.82) is 0 Å². The maximum Gasteiger partial charge on any atom is 0.274 e. The van der Waals surface area contributed by atoms with Gasteiger partial charge in [-0.25, -0.2) is 18.2 Å². The lowest BCUT2D eigenvalue weighted by atomic mass is 10.1. The van der Waals surface area contributed by atoms with Crippen molar-refractivity contribution in [2.45, 2.75) is 52.2 Å². The molecule has 32 heavy (non-hydrogen) atoms. The van der Waals surface area contributed by atoms with E-state index < -0.39 is 12.2 Å². The smallest absolute Gasteiger partial charge is 0.274 e. The van der Waals surface area contributed by atoms with Crippen molar-refractivity contribution in [3.63, 3.8) is 0 Å². The fourth-order valence-corrected chi connectivity index (χ4v) is 4.21. The summed E-state index contributed by atoms with van der Waals surface area (Å²) in [4.78, 5) is 6.02. The molecule has 0 spiro atoms. The zero-order chi connectivity index (χ0) is 23.3. The highest BCUT2D eigenvalue weighted by atomic mass is 32.1. The van der Waals surface area contributed by atoms with E-state index >= 15 is 0 Å². The van der Waals surface area contributed by atoms with Crippen molar-refractivity contribution in [2.75, 3.05) is 11.5 Å². The molecule has 0 fully saturated rings. The molecule has 1 heterocycles. The summed E-state index contributed by atoms with van der Waals surface area (Å²) in [6.07, 6.45) is 1.75. The van der Waals surface area contributed by atoms with E-state index in [1.54, 1.807) is 23.6 Å². The van der Waals surface area contributed by atoms with Gasteiger partial charge < -0.3 is 9.84 Å². The second-order valence-electron chi connectivity index (χ2n) is 7.65. The largest absolute Gasteiger partial charge is 0.493 e. The molecule has 1 N–H and O–H groups in total. The third-order valence-corrected chi connectivity index (χ3v) is 5.77. The van der Waals surface area contributed by atoms with Crippen molar-refractivity contribution in [2.24, 2.45) is 0 Å². The third kappa shape index (κ3) is 5.81. The summed E-state index contributed by atoms with van der Waals surface area (Å²) in [5.41, 5.74) is 1.45. The maximum absolute atomic E-state index is 14.4. The molecule has 0 aliphatic heterocycles. The number of ether oxygens (including phenoxy) is 1. The van der Waals surface area contributed by atoms with Crippen LogP contribution in [0.3, 0.4) is 0 Å². The molecule has 0 bridgehead atoms. The van der Waals surface area contributed by atoms with Gasteiger partial charge in [-0.15, -0.1) is 11.3 Å². The highest BCUT2D eigenvalue weighted by Gasteiger charge is 2.31. The minimum atomic E-state index is -3.12. The molecule has 1 unspecified atom stereocenters. The number of aromatic nitrogens is 1. The zero-order valence-corrected chi connectivity index (χ0v) is 19.1. The molecule has 1 aromatic heterocycles. The van der Waals surface area contributed by atoms with Gasteiger partial charge in [-0.3, -0.25) is 4.90 Å². The highest BCUT2D eigenvalue weighted by Crippen LogP contribution is 2.40. The second-order valence-corrected chi connectivity index (χ2v) is 8.49. The summed E-state index contributed by atoms with van der Waals surface area (Å²) in [5, 5.41) is 12.6. The molecule has 0 saturated carbocycles. The number of aliphatic hydroxyl groups excluding tert-OH is 1. The average Bonchev–Trinajstić information content (AvgIpc) is 3.21. The van der Waals surface area contributed by atoms with Crippen LogP contribution in [0, 0.1) is 5.82 Å². The molecule has 0 aliphatic rings. The Bertz CT molecular complexity index is 1020. The number of unbranched alkanes of at least 4 members (excludes halogenated alkanes) is 2. The van der Waals surface area contributed by atoms with Crippen molar-refractivity contribution in [3.8, 4) is 17.0 Å². The number of alkyl halides is 2. The summed E-state index contributed by atoms with van der Waals surface area (Å²) in [7, 11) is 0. The molecule has 0 radical (unpaired) electrons. The van der Waals surface area contributed by atoms with Crippen molar-refractivity contribution in [1.82, 2.24) is 4.98 Å². The first-order valence-electron chi connectivity index (χ1n) is 10.5. The molecule has 1 atom stereocenters. The number of benzene rings is 2. The number of hydrogen-bond donors (Lipinski definition) is 1. The van der Waals surface area contributed by atoms with Gasteiger partial charge in [0.05, 0.1) is 17.9 Å². The molecular weight excluding hydrogens is 437 g/mol. The fourth-order valence-electron chi connectivity index (χ4n) is 3.29. The number of hydrogen-bond acceptors (Lipinski definition) is 5. The van der Waals surface area contributed by atoms with Crippen LogP contribution in [-0.4, -0.2) is 22.9 Å². The predicted octanol–water partition coefficient (Wildman–Crippen LogP) is 7.11. The van der Waals surface area contributed by atoms with E-state index in [1.165, 1.54) is 47.4 Å². The van der Waals surface area contributed by atoms with Crippen LogP contribution in [0.5, 0.6) is 5.75 Å². The minimum absolute atomic E-state index is 0.133. The Morgan fingerprint density at radius 3 is 2.50 bits per heavy atom. The van der Waals surface area contributed by atoms with Gasteiger partial charge in [0.2, 0.25) is 0 Å². The van der Waals surface area contributed by atoms with E-state index in [0.717, 1.165) is 31.7 Å². The monoisotopic (exact) mass is 464 g/mol. The van der Waals surface area contributed by atoms with Gasteiger partial charge in [-0.1, -0.05) is 19.8 Å². The van der Waals surface area contributed by atoms with Gasteiger partial charge in [0.1, 0.15) is 17.8 Å². The Balaban J connectivity index is 1.93. The number of rotatable bonds is 10. The van der Waals surface area contributed by atoms with Crippen molar-refractivity contribution < 1.29 is 23.0 Å². The van der Waals surface area contributed by atoms with Crippen LogP contribution in [0.4, 0.5) is 24.0 Å². The molecule has 4 nitrogen and oxygen atoms in total. The number of halogens is 3. The summed E-state index contributed by atoms with van der Waals surface area (Å²) in [6.45, 7) is 4.79. The first kappa shape index (κ1) is 24.1. The van der Waals surface area contributed by atoms with Crippen LogP contribution in [0.25, 0.3) is 11.3 Å². The quantitative estimate of drug-likeness (QED) is 0.257. The lowest BCUT2D eigenvalue weighted by Crippen LogP contribution is -2.28. The summed E-state index contributed by atoms with van der Waals surface area (Å²) in [5.74, 6) is -3.34. The van der Waals surface area contributed by atoms with Crippen molar-refractivity contribution in [3.05, 3.63) is 59.2 Å². The van der Waals surface area contributed by atoms with Gasteiger partial charge in [0.15, 0.2) is 5.13 Å². The second kappa shape index (κ2) is 10.4. The molecule has 0 amide bonds. The molecule has 0 saturated heterocycles. The van der Waals surface area contributed by atoms with Gasteiger partial charge in [-0.2, -0.15) is 0 Å². The summed E-state index contributed by atoms with van der Waals surface area (Å²) in [6, 6.07) is 10.4. The number of nitrogens with zero attached hydrogens (tertiary/aromatic N) is 2. The lowest BCUT2D eigenvalue weighted by molar-refractivity contribution is 0.0144. The Kier molecular flexibility index (Phi) is 7.79. The first-order chi connectivity index (χ1) is 15.2. The summed E-state index contributed by atoms with van der Waals surface area (Å²) < 4.78 is 47.6. The Morgan fingerprint density at radius 2 is 1.88 bits per heavy atom. The third-order valence-electron chi connectivity index (χ3n) is 4.93. The molecule has 0 aliphatic carbocycles. The molecule has 172 valence electrons. The van der Waals surface area contributed by atoms with Gasteiger partial charge in [-0.05, 0) is 55.8 Å². The number of aliphatic hydroxyl groups is 1. The first-order valence-corrected chi connectivity index (χ1v) is 11.4. The maximum atomic E-state index is 14.4. The van der Waals surface area contributed by atoms with Gasteiger partial charge >= 0.3 is 0 Å².